The van der Waals surface area contributed by atoms with Crippen LogP contribution in [-0.2, 0) is 19.6 Å². The van der Waals surface area contributed by atoms with Gasteiger partial charge in [-0.25, -0.2) is 0 Å². The summed E-state index contributed by atoms with van der Waals surface area (Å²) in [5.74, 6) is -1.84. The van der Waals surface area contributed by atoms with Crippen LogP contribution in [-0.4, -0.2) is 55.8 Å². The number of likely N-dealkylation sites (tertiary alicyclic amines) is 1. The molecule has 11 heteroatoms. The van der Waals surface area contributed by atoms with Crippen molar-refractivity contribution in [1.29, 1.82) is 0 Å². The molecular weight excluding hydrogens is 510 g/mol. The highest BCUT2D eigenvalue weighted by Gasteiger charge is 2.29. The van der Waals surface area contributed by atoms with Gasteiger partial charge in [-0.1, -0.05) is 40.9 Å². The van der Waals surface area contributed by atoms with E-state index in [1.54, 1.807) is 60.7 Å². The second-order valence-electron chi connectivity index (χ2n) is 8.67. The minimum atomic E-state index is -4.17. The van der Waals surface area contributed by atoms with Crippen molar-refractivity contribution in [3.63, 3.8) is 0 Å². The molecule has 1 fully saturated rings. The predicted octanol–water partition coefficient (Wildman–Crippen LogP) is 2.93. The molecule has 2 amide bonds. The van der Waals surface area contributed by atoms with E-state index in [0.29, 0.717) is 37.4 Å². The van der Waals surface area contributed by atoms with E-state index >= 15 is 0 Å². The lowest BCUT2D eigenvalue weighted by molar-refractivity contribution is -0.145. The number of nitrogens with zero attached hydrogens (tertiary/aromatic N) is 2. The van der Waals surface area contributed by atoms with Crippen LogP contribution in [0.25, 0.3) is 0 Å². The van der Waals surface area contributed by atoms with Crippen LogP contribution in [0, 0.1) is 5.92 Å². The summed E-state index contributed by atoms with van der Waals surface area (Å²) in [6.45, 7) is 0.395. The lowest BCUT2D eigenvalue weighted by Gasteiger charge is -2.30. The molecule has 198 valence electrons. The molecule has 1 aliphatic heterocycles. The van der Waals surface area contributed by atoms with E-state index in [2.05, 4.69) is 5.32 Å². The van der Waals surface area contributed by atoms with Crippen LogP contribution >= 0.6 is 0 Å². The third-order valence-electron chi connectivity index (χ3n) is 6.13. The number of hydrogen-bond acceptors (Lipinski definition) is 6. The Bertz CT molecular complexity index is 1370. The molecule has 10 nitrogen and oxygen atoms in total. The molecule has 1 saturated heterocycles. The number of sulfonamides is 1. The second-order valence-corrected chi connectivity index (χ2v) is 10.4. The van der Waals surface area contributed by atoms with E-state index in [-0.39, 0.29) is 22.9 Å². The average molecular weight is 538 g/mol. The number of aliphatic carboxylic acids is 1. The average Bonchev–Trinajstić information content (AvgIpc) is 2.95. The van der Waals surface area contributed by atoms with Gasteiger partial charge in [0.05, 0.1) is 23.0 Å². The van der Waals surface area contributed by atoms with Crippen LogP contribution < -0.4 is 14.6 Å². The van der Waals surface area contributed by atoms with Gasteiger partial charge in [0.25, 0.3) is 15.9 Å². The zero-order valence-corrected chi connectivity index (χ0v) is 21.2. The molecular formula is C27H27N3O7S. The summed E-state index contributed by atoms with van der Waals surface area (Å²) in [7, 11) is -4.17. The Morgan fingerprint density at radius 3 is 2.05 bits per heavy atom. The Morgan fingerprint density at radius 2 is 1.47 bits per heavy atom. The molecule has 0 atom stereocenters. The molecule has 3 aromatic carbocycles. The van der Waals surface area contributed by atoms with Gasteiger partial charge in [-0.15, -0.1) is 0 Å². The molecule has 38 heavy (non-hydrogen) atoms. The van der Waals surface area contributed by atoms with Crippen LogP contribution in [0.1, 0.15) is 23.2 Å². The first kappa shape index (κ1) is 26.7. The van der Waals surface area contributed by atoms with Crippen molar-refractivity contribution in [2.24, 2.45) is 5.92 Å². The Hall–Kier alpha value is -4.38. The summed E-state index contributed by atoms with van der Waals surface area (Å²) in [6, 6.07) is 22.1. The molecule has 0 aromatic heterocycles. The maximum Gasteiger partial charge on any atom is 0.306 e. The summed E-state index contributed by atoms with van der Waals surface area (Å²) < 4.78 is 27.8. The molecule has 0 saturated carbocycles. The summed E-state index contributed by atoms with van der Waals surface area (Å²) in [5, 5.41) is 11.6. The Morgan fingerprint density at radius 1 is 0.895 bits per heavy atom. The zero-order chi connectivity index (χ0) is 27.1. The van der Waals surface area contributed by atoms with E-state index in [0.717, 1.165) is 4.47 Å². The predicted molar refractivity (Wildman–Crippen MR) is 139 cm³/mol. The Labute approximate surface area is 220 Å². The number of anilines is 1. The zero-order valence-electron chi connectivity index (χ0n) is 20.4. The fraction of sp³-hybridized carbons (Fsp3) is 0.222. The highest BCUT2D eigenvalue weighted by atomic mass is 32.2. The first-order valence-electron chi connectivity index (χ1n) is 12.0. The highest BCUT2D eigenvalue weighted by Crippen LogP contribution is 2.26. The standard InChI is InChI=1S/C27H27N3O7S/c31-25(29-17-15-21(16-18-29)27(33)34)19-28-26(32)20-11-13-24(14-12-20)38(35,36)30(22-7-3-1-4-8-22)37-23-9-5-2-6-10-23/h1-14,21H,15-19H2,(H,28,32)(H,33,34). The number of hydrogen-bond donors (Lipinski definition) is 2. The topological polar surface area (TPSA) is 133 Å². The van der Waals surface area contributed by atoms with E-state index in [1.165, 1.54) is 29.2 Å². The van der Waals surface area contributed by atoms with Gasteiger partial charge in [-0.3, -0.25) is 14.4 Å². The van der Waals surface area contributed by atoms with E-state index in [4.69, 9.17) is 9.94 Å². The van der Waals surface area contributed by atoms with Crippen LogP contribution in [0.3, 0.4) is 0 Å². The lowest BCUT2D eigenvalue weighted by atomic mass is 9.97. The Kier molecular flexibility index (Phi) is 8.27. The van der Waals surface area contributed by atoms with Gasteiger partial charge in [0.2, 0.25) is 5.91 Å². The number of carbonyl (C=O) groups is 3. The molecule has 4 rings (SSSR count). The summed E-state index contributed by atoms with van der Waals surface area (Å²) in [4.78, 5) is 43.2. The number of nitrogens with one attached hydrogen (secondary N) is 1. The summed E-state index contributed by atoms with van der Waals surface area (Å²) in [6.07, 6.45) is 0.748. The number of para-hydroxylation sites is 2. The molecule has 0 spiro atoms. The number of amides is 2. The Balaban J connectivity index is 1.42. The van der Waals surface area contributed by atoms with Gasteiger partial charge in [-0.05, 0) is 61.4 Å². The van der Waals surface area contributed by atoms with Gasteiger partial charge in [0.15, 0.2) is 5.75 Å². The highest BCUT2D eigenvalue weighted by molar-refractivity contribution is 7.92. The van der Waals surface area contributed by atoms with E-state index < -0.39 is 27.8 Å². The van der Waals surface area contributed by atoms with Crippen molar-refractivity contribution >= 4 is 33.5 Å². The third kappa shape index (κ3) is 6.30. The third-order valence-corrected chi connectivity index (χ3v) is 7.72. The molecule has 1 aliphatic rings. The number of carboxylic acid groups (broad SMARTS) is 1. The maximum atomic E-state index is 13.5. The lowest BCUT2D eigenvalue weighted by Crippen LogP contribution is -2.45. The van der Waals surface area contributed by atoms with Crippen LogP contribution in [0.15, 0.2) is 89.8 Å². The maximum absolute atomic E-state index is 13.5. The first-order chi connectivity index (χ1) is 18.3. The van der Waals surface area contributed by atoms with Crippen molar-refractivity contribution in [3.05, 3.63) is 90.5 Å². The van der Waals surface area contributed by atoms with E-state index in [9.17, 15) is 22.8 Å². The largest absolute Gasteiger partial charge is 0.481 e. The molecule has 0 aliphatic carbocycles. The quantitative estimate of drug-likeness (QED) is 0.401. The van der Waals surface area contributed by atoms with Gasteiger partial charge < -0.3 is 20.2 Å². The van der Waals surface area contributed by atoms with Crippen molar-refractivity contribution in [1.82, 2.24) is 10.2 Å². The SMILES string of the molecule is O=C(NCC(=O)N1CCC(C(=O)O)CC1)c1ccc(S(=O)(=O)N(Oc2ccccc2)c2ccccc2)cc1. The molecule has 2 N–H and O–H groups in total. The number of carboxylic acids is 1. The van der Waals surface area contributed by atoms with Gasteiger partial charge in [0, 0.05) is 18.7 Å². The first-order valence-corrected chi connectivity index (χ1v) is 13.4. The smallest absolute Gasteiger partial charge is 0.306 e. The fourth-order valence-electron chi connectivity index (χ4n) is 3.99. The van der Waals surface area contributed by atoms with Crippen molar-refractivity contribution in [3.8, 4) is 5.75 Å². The van der Waals surface area contributed by atoms with Crippen molar-refractivity contribution in [2.45, 2.75) is 17.7 Å². The van der Waals surface area contributed by atoms with Crippen LogP contribution in [0.4, 0.5) is 5.69 Å². The number of carbonyl (C=O) groups excluding carboxylic acids is 2. The second kappa shape index (κ2) is 11.8. The number of piperidine rings is 1. The molecule has 0 bridgehead atoms. The normalized spacial score (nSPS) is 13.9. The van der Waals surface area contributed by atoms with Gasteiger partial charge in [-0.2, -0.15) is 8.42 Å². The van der Waals surface area contributed by atoms with Crippen molar-refractivity contribution < 1.29 is 32.7 Å². The van der Waals surface area contributed by atoms with Crippen LogP contribution in [0.5, 0.6) is 5.75 Å². The summed E-state index contributed by atoms with van der Waals surface area (Å²) >= 11 is 0. The van der Waals surface area contributed by atoms with Crippen LogP contribution in [0.2, 0.25) is 0 Å². The van der Waals surface area contributed by atoms with Gasteiger partial charge in [0.1, 0.15) is 0 Å². The summed E-state index contributed by atoms with van der Waals surface area (Å²) in [5.41, 5.74) is 0.473. The minimum Gasteiger partial charge on any atom is -0.481 e. The molecule has 0 unspecified atom stereocenters. The monoisotopic (exact) mass is 537 g/mol. The van der Waals surface area contributed by atoms with E-state index in [1.807, 2.05) is 0 Å². The fourth-order valence-corrected chi connectivity index (χ4v) is 5.24. The number of benzene rings is 3. The molecule has 1 heterocycles. The van der Waals surface area contributed by atoms with Gasteiger partial charge >= 0.3 is 5.97 Å². The number of rotatable bonds is 9. The minimum absolute atomic E-state index is 0.0915. The molecule has 3 aromatic rings. The molecule has 0 radical (unpaired) electrons. The van der Waals surface area contributed by atoms with Crippen molar-refractivity contribution in [2.75, 3.05) is 24.1 Å².